The van der Waals surface area contributed by atoms with Gasteiger partial charge in [-0.05, 0) is 30.0 Å². The number of amides is 1. The molecular formula is C14H21ClN2O. The fourth-order valence-corrected chi connectivity index (χ4v) is 1.94. The molecule has 1 atom stereocenters. The molecule has 0 saturated carbocycles. The van der Waals surface area contributed by atoms with Crippen LogP contribution in [0.3, 0.4) is 0 Å². The summed E-state index contributed by atoms with van der Waals surface area (Å²) in [5.41, 5.74) is 6.67. The molecule has 3 N–H and O–H groups in total. The zero-order valence-corrected chi connectivity index (χ0v) is 11.7. The number of nitrogens with two attached hydrogens (primary N) is 1. The first-order valence-electron chi connectivity index (χ1n) is 6.25. The van der Waals surface area contributed by atoms with Gasteiger partial charge < -0.3 is 11.1 Å². The lowest BCUT2D eigenvalue weighted by molar-refractivity contribution is -0.125. The van der Waals surface area contributed by atoms with Crippen molar-refractivity contribution in [2.24, 2.45) is 17.6 Å². The van der Waals surface area contributed by atoms with Crippen molar-refractivity contribution in [2.75, 3.05) is 6.54 Å². The zero-order chi connectivity index (χ0) is 13.5. The average Bonchev–Trinajstić information content (AvgIpc) is 2.34. The maximum Gasteiger partial charge on any atom is 0.224 e. The lowest BCUT2D eigenvalue weighted by Crippen LogP contribution is -2.35. The summed E-state index contributed by atoms with van der Waals surface area (Å²) < 4.78 is 0. The van der Waals surface area contributed by atoms with Crippen LogP contribution in [-0.2, 0) is 11.3 Å². The van der Waals surface area contributed by atoms with E-state index in [1.165, 1.54) is 0 Å². The van der Waals surface area contributed by atoms with Gasteiger partial charge in [0.1, 0.15) is 0 Å². The van der Waals surface area contributed by atoms with Gasteiger partial charge in [0.15, 0.2) is 0 Å². The van der Waals surface area contributed by atoms with Gasteiger partial charge in [0.25, 0.3) is 0 Å². The van der Waals surface area contributed by atoms with Gasteiger partial charge in [-0.1, -0.05) is 37.6 Å². The molecule has 0 aliphatic heterocycles. The summed E-state index contributed by atoms with van der Waals surface area (Å²) >= 11 is 5.80. The number of hydrogen-bond acceptors (Lipinski definition) is 2. The molecule has 0 radical (unpaired) electrons. The molecule has 1 aromatic carbocycles. The minimum Gasteiger partial charge on any atom is -0.352 e. The third-order valence-electron chi connectivity index (χ3n) is 2.79. The molecule has 0 saturated heterocycles. The highest BCUT2D eigenvalue weighted by Gasteiger charge is 2.17. The second-order valence-electron chi connectivity index (χ2n) is 4.91. The van der Waals surface area contributed by atoms with Gasteiger partial charge in [0.05, 0.1) is 5.92 Å². The molecule has 0 fully saturated rings. The summed E-state index contributed by atoms with van der Waals surface area (Å²) in [6, 6.07) is 7.44. The highest BCUT2D eigenvalue weighted by molar-refractivity contribution is 6.30. The zero-order valence-electron chi connectivity index (χ0n) is 10.9. The lowest BCUT2D eigenvalue weighted by Gasteiger charge is -2.16. The number of benzene rings is 1. The first-order chi connectivity index (χ1) is 8.52. The van der Waals surface area contributed by atoms with Crippen molar-refractivity contribution in [2.45, 2.75) is 26.8 Å². The summed E-state index contributed by atoms with van der Waals surface area (Å²) in [7, 11) is 0. The second kappa shape index (κ2) is 7.39. The van der Waals surface area contributed by atoms with Crippen molar-refractivity contribution in [1.82, 2.24) is 5.32 Å². The van der Waals surface area contributed by atoms with Crippen LogP contribution in [0.5, 0.6) is 0 Å². The normalized spacial score (nSPS) is 12.5. The third kappa shape index (κ3) is 5.07. The maximum absolute atomic E-state index is 11.9. The predicted octanol–water partition coefficient (Wildman–Crippen LogP) is 2.58. The Morgan fingerprint density at radius 3 is 2.44 bits per heavy atom. The highest BCUT2D eigenvalue weighted by Crippen LogP contribution is 2.12. The van der Waals surface area contributed by atoms with Crippen LogP contribution in [0.1, 0.15) is 25.8 Å². The van der Waals surface area contributed by atoms with E-state index in [1.54, 1.807) is 0 Å². The molecule has 0 aromatic heterocycles. The molecule has 100 valence electrons. The van der Waals surface area contributed by atoms with Gasteiger partial charge in [0, 0.05) is 18.1 Å². The number of carbonyl (C=O) groups excluding carboxylic acids is 1. The average molecular weight is 269 g/mol. The van der Waals surface area contributed by atoms with E-state index in [1.807, 2.05) is 24.3 Å². The van der Waals surface area contributed by atoms with E-state index < -0.39 is 0 Å². The van der Waals surface area contributed by atoms with Crippen LogP contribution in [0.15, 0.2) is 24.3 Å². The maximum atomic E-state index is 11.9. The molecule has 18 heavy (non-hydrogen) atoms. The molecule has 4 heteroatoms. The smallest absolute Gasteiger partial charge is 0.224 e. The van der Waals surface area contributed by atoms with Crippen LogP contribution in [0, 0.1) is 11.8 Å². The molecule has 0 aliphatic carbocycles. The van der Waals surface area contributed by atoms with Crippen LogP contribution < -0.4 is 11.1 Å². The van der Waals surface area contributed by atoms with Crippen molar-refractivity contribution < 1.29 is 4.79 Å². The number of rotatable bonds is 6. The summed E-state index contributed by atoms with van der Waals surface area (Å²) in [6.45, 7) is 5.10. The van der Waals surface area contributed by atoms with Gasteiger partial charge in [0.2, 0.25) is 5.91 Å². The molecule has 1 rings (SSSR count). The molecule has 0 aliphatic rings. The van der Waals surface area contributed by atoms with Gasteiger partial charge in [-0.15, -0.1) is 0 Å². The van der Waals surface area contributed by atoms with E-state index in [-0.39, 0.29) is 11.8 Å². The Kier molecular flexibility index (Phi) is 6.16. The Morgan fingerprint density at radius 2 is 1.94 bits per heavy atom. The molecule has 1 aromatic rings. The van der Waals surface area contributed by atoms with Gasteiger partial charge >= 0.3 is 0 Å². The third-order valence-corrected chi connectivity index (χ3v) is 3.04. The first-order valence-corrected chi connectivity index (χ1v) is 6.63. The Hall–Kier alpha value is -1.06. The second-order valence-corrected chi connectivity index (χ2v) is 5.34. The Balaban J connectivity index is 2.46. The van der Waals surface area contributed by atoms with E-state index in [9.17, 15) is 4.79 Å². The number of halogens is 1. The Labute approximate surface area is 114 Å². The first kappa shape index (κ1) is 15.0. The van der Waals surface area contributed by atoms with Gasteiger partial charge in [-0.2, -0.15) is 0 Å². The molecular weight excluding hydrogens is 248 g/mol. The van der Waals surface area contributed by atoms with E-state index in [0.717, 1.165) is 12.0 Å². The summed E-state index contributed by atoms with van der Waals surface area (Å²) in [4.78, 5) is 11.9. The van der Waals surface area contributed by atoms with Gasteiger partial charge in [-0.25, -0.2) is 0 Å². The number of nitrogens with one attached hydrogen (secondary N) is 1. The minimum absolute atomic E-state index is 0.0288. The van der Waals surface area contributed by atoms with Crippen LogP contribution in [0.2, 0.25) is 5.02 Å². The molecule has 3 nitrogen and oxygen atoms in total. The molecule has 0 bridgehead atoms. The van der Waals surface area contributed by atoms with Crippen LogP contribution in [-0.4, -0.2) is 12.5 Å². The van der Waals surface area contributed by atoms with Crippen LogP contribution in [0.25, 0.3) is 0 Å². The highest BCUT2D eigenvalue weighted by atomic mass is 35.5. The molecule has 0 heterocycles. The molecule has 0 unspecified atom stereocenters. The van der Waals surface area contributed by atoms with Crippen molar-refractivity contribution >= 4 is 17.5 Å². The summed E-state index contributed by atoms with van der Waals surface area (Å²) in [5, 5.41) is 3.61. The minimum atomic E-state index is -0.0997. The van der Waals surface area contributed by atoms with E-state index in [0.29, 0.717) is 24.0 Å². The van der Waals surface area contributed by atoms with Crippen molar-refractivity contribution in [3.05, 3.63) is 34.9 Å². The monoisotopic (exact) mass is 268 g/mol. The van der Waals surface area contributed by atoms with Crippen molar-refractivity contribution in [3.63, 3.8) is 0 Å². The fraction of sp³-hybridized carbons (Fsp3) is 0.500. The standard InChI is InChI=1S/C14H21ClN2O/c1-10(2)7-12(8-16)14(18)17-9-11-3-5-13(15)6-4-11/h3-6,10,12H,7-9,16H2,1-2H3,(H,17,18)/t12-/m1/s1. The van der Waals surface area contributed by atoms with Crippen molar-refractivity contribution in [3.8, 4) is 0 Å². The number of carbonyl (C=O) groups is 1. The number of hydrogen-bond donors (Lipinski definition) is 2. The van der Waals surface area contributed by atoms with E-state index >= 15 is 0 Å². The molecule has 1 amide bonds. The quantitative estimate of drug-likeness (QED) is 0.833. The molecule has 0 spiro atoms. The Bertz CT molecular complexity index is 376. The topological polar surface area (TPSA) is 55.1 Å². The fourth-order valence-electron chi connectivity index (χ4n) is 1.82. The van der Waals surface area contributed by atoms with Crippen LogP contribution >= 0.6 is 11.6 Å². The largest absolute Gasteiger partial charge is 0.352 e. The SMILES string of the molecule is CC(C)C[C@H](CN)C(=O)NCc1ccc(Cl)cc1. The summed E-state index contributed by atoms with van der Waals surface area (Å²) in [6.07, 6.45) is 0.822. The van der Waals surface area contributed by atoms with Crippen LogP contribution in [0.4, 0.5) is 0 Å². The summed E-state index contributed by atoms with van der Waals surface area (Å²) in [5.74, 6) is 0.401. The van der Waals surface area contributed by atoms with Crippen molar-refractivity contribution in [1.29, 1.82) is 0 Å². The van der Waals surface area contributed by atoms with E-state index in [2.05, 4.69) is 19.2 Å². The van der Waals surface area contributed by atoms with Gasteiger partial charge in [-0.3, -0.25) is 4.79 Å². The Morgan fingerprint density at radius 1 is 1.33 bits per heavy atom. The lowest BCUT2D eigenvalue weighted by atomic mass is 9.96. The predicted molar refractivity (Wildman–Crippen MR) is 75.3 cm³/mol. The van der Waals surface area contributed by atoms with E-state index in [4.69, 9.17) is 17.3 Å².